The number of rotatable bonds is 6. The van der Waals surface area contributed by atoms with E-state index in [9.17, 15) is 18.0 Å². The molecule has 1 aromatic heterocycles. The van der Waals surface area contributed by atoms with Gasteiger partial charge in [0.1, 0.15) is 9.77 Å². The molecule has 0 bridgehead atoms. The molecule has 1 amide bonds. The quantitative estimate of drug-likeness (QED) is 0.673. The van der Waals surface area contributed by atoms with E-state index < -0.39 is 27.3 Å². The summed E-state index contributed by atoms with van der Waals surface area (Å²) in [7, 11) is -3.93. The first kappa shape index (κ1) is 17.1. The monoisotopic (exact) mass is 384 g/mol. The van der Waals surface area contributed by atoms with Gasteiger partial charge in [-0.3, -0.25) is 4.79 Å². The standard InChI is InChI=1S/C10H13BrN2O5S2/c1-10(2,9(12)16)4-13-20(17,18)6-3-5(8(14)15)19-7(6)11/h3,13H,4H2,1-2H3,(H2,12,16)(H,14,15). The summed E-state index contributed by atoms with van der Waals surface area (Å²) < 4.78 is 26.6. The second-order valence-corrected chi connectivity index (χ2v) is 8.73. The summed E-state index contributed by atoms with van der Waals surface area (Å²) in [6, 6.07) is 1.05. The van der Waals surface area contributed by atoms with Gasteiger partial charge >= 0.3 is 5.97 Å². The van der Waals surface area contributed by atoms with Crippen LogP contribution in [0.3, 0.4) is 0 Å². The zero-order chi connectivity index (χ0) is 15.7. The summed E-state index contributed by atoms with van der Waals surface area (Å²) in [5.41, 5.74) is 4.10. The third-order valence-electron chi connectivity index (χ3n) is 2.53. The topological polar surface area (TPSA) is 127 Å². The number of carbonyl (C=O) groups excluding carboxylic acids is 1. The first-order chi connectivity index (χ1) is 8.97. The van der Waals surface area contributed by atoms with E-state index in [1.807, 2.05) is 0 Å². The number of primary amides is 1. The van der Waals surface area contributed by atoms with Crippen molar-refractivity contribution in [3.05, 3.63) is 14.7 Å². The molecule has 7 nitrogen and oxygen atoms in total. The van der Waals surface area contributed by atoms with Gasteiger partial charge in [0.05, 0.1) is 9.20 Å². The lowest BCUT2D eigenvalue weighted by atomic mass is 9.93. The summed E-state index contributed by atoms with van der Waals surface area (Å²) in [5, 5.41) is 8.83. The van der Waals surface area contributed by atoms with E-state index in [-0.39, 0.29) is 20.1 Å². The molecular formula is C10H13BrN2O5S2. The van der Waals surface area contributed by atoms with Crippen LogP contribution in [0.25, 0.3) is 0 Å². The lowest BCUT2D eigenvalue weighted by molar-refractivity contribution is -0.125. The van der Waals surface area contributed by atoms with Gasteiger partial charge in [-0.25, -0.2) is 17.9 Å². The number of halogens is 1. The molecule has 20 heavy (non-hydrogen) atoms. The fraction of sp³-hybridized carbons (Fsp3) is 0.400. The average molecular weight is 385 g/mol. The van der Waals surface area contributed by atoms with E-state index in [0.717, 1.165) is 17.4 Å². The van der Waals surface area contributed by atoms with Gasteiger partial charge in [-0.1, -0.05) is 0 Å². The van der Waals surface area contributed by atoms with Gasteiger partial charge in [-0.2, -0.15) is 0 Å². The molecule has 1 aromatic rings. The van der Waals surface area contributed by atoms with Gasteiger partial charge in [-0.15, -0.1) is 11.3 Å². The maximum absolute atomic E-state index is 12.1. The number of carbonyl (C=O) groups is 2. The molecule has 0 aromatic carbocycles. The summed E-state index contributed by atoms with van der Waals surface area (Å²) in [6.45, 7) is 2.82. The van der Waals surface area contributed by atoms with Gasteiger partial charge in [0, 0.05) is 6.54 Å². The molecule has 0 fully saturated rings. The fourth-order valence-electron chi connectivity index (χ4n) is 1.08. The Kier molecular flexibility index (Phi) is 4.95. The van der Waals surface area contributed by atoms with E-state index in [1.165, 1.54) is 13.8 Å². The van der Waals surface area contributed by atoms with Crippen molar-refractivity contribution in [2.24, 2.45) is 11.1 Å². The number of carboxylic acids is 1. The summed E-state index contributed by atoms with van der Waals surface area (Å²) >= 11 is 3.81. The second-order valence-electron chi connectivity index (χ2n) is 4.63. The Balaban J connectivity index is 3.01. The van der Waals surface area contributed by atoms with Crippen LogP contribution >= 0.6 is 27.3 Å². The molecule has 112 valence electrons. The highest BCUT2D eigenvalue weighted by atomic mass is 79.9. The Morgan fingerprint density at radius 3 is 2.45 bits per heavy atom. The van der Waals surface area contributed by atoms with Crippen molar-refractivity contribution < 1.29 is 23.1 Å². The van der Waals surface area contributed by atoms with Gasteiger partial charge in [0.2, 0.25) is 15.9 Å². The Morgan fingerprint density at radius 2 is 2.05 bits per heavy atom. The number of nitrogens with one attached hydrogen (secondary N) is 1. The van der Waals surface area contributed by atoms with Crippen LogP contribution in [0.4, 0.5) is 0 Å². The predicted molar refractivity (Wildman–Crippen MR) is 77.1 cm³/mol. The van der Waals surface area contributed by atoms with Crippen LogP contribution in [-0.2, 0) is 14.8 Å². The van der Waals surface area contributed by atoms with E-state index >= 15 is 0 Å². The van der Waals surface area contributed by atoms with Crippen LogP contribution in [0.5, 0.6) is 0 Å². The molecule has 1 heterocycles. The third-order valence-corrected chi connectivity index (χ3v) is 6.17. The zero-order valence-corrected chi connectivity index (χ0v) is 13.9. The Labute approximate surface area is 128 Å². The van der Waals surface area contributed by atoms with Gasteiger partial charge in [0.15, 0.2) is 0 Å². The molecule has 0 unspecified atom stereocenters. The largest absolute Gasteiger partial charge is 0.477 e. The van der Waals surface area contributed by atoms with Crippen LogP contribution < -0.4 is 10.5 Å². The van der Waals surface area contributed by atoms with Crippen molar-refractivity contribution in [3.8, 4) is 0 Å². The maximum Gasteiger partial charge on any atom is 0.345 e. The number of hydrogen-bond donors (Lipinski definition) is 3. The maximum atomic E-state index is 12.1. The van der Waals surface area contributed by atoms with Crippen molar-refractivity contribution in [1.82, 2.24) is 4.72 Å². The van der Waals surface area contributed by atoms with Crippen LogP contribution in [0, 0.1) is 5.41 Å². The molecule has 1 rings (SSSR count). The van der Waals surface area contributed by atoms with Crippen LogP contribution in [0.1, 0.15) is 23.5 Å². The first-order valence-corrected chi connectivity index (χ1v) is 8.39. The van der Waals surface area contributed by atoms with E-state index in [1.54, 1.807) is 0 Å². The Bertz CT molecular complexity index is 651. The number of sulfonamides is 1. The lowest BCUT2D eigenvalue weighted by Gasteiger charge is -2.20. The van der Waals surface area contributed by atoms with Crippen LogP contribution in [0.2, 0.25) is 0 Å². The molecule has 0 spiro atoms. The molecular weight excluding hydrogens is 372 g/mol. The second kappa shape index (κ2) is 5.80. The highest BCUT2D eigenvalue weighted by molar-refractivity contribution is 9.11. The first-order valence-electron chi connectivity index (χ1n) is 5.29. The molecule has 0 aliphatic rings. The fourth-order valence-corrected chi connectivity index (χ4v) is 4.69. The van der Waals surface area contributed by atoms with Crippen molar-refractivity contribution in [3.63, 3.8) is 0 Å². The average Bonchev–Trinajstić information content (AvgIpc) is 2.70. The molecule has 0 atom stereocenters. The summed E-state index contributed by atoms with van der Waals surface area (Å²) in [5.74, 6) is -1.86. The number of hydrogen-bond acceptors (Lipinski definition) is 5. The minimum atomic E-state index is -3.93. The SMILES string of the molecule is CC(C)(CNS(=O)(=O)c1cc(C(=O)O)sc1Br)C(N)=O. The summed E-state index contributed by atoms with van der Waals surface area (Å²) in [6.07, 6.45) is 0. The molecule has 0 saturated heterocycles. The minimum Gasteiger partial charge on any atom is -0.477 e. The number of nitrogens with two attached hydrogens (primary N) is 1. The molecule has 0 radical (unpaired) electrons. The number of amides is 1. The number of thiophene rings is 1. The van der Waals surface area contributed by atoms with Gasteiger partial charge in [-0.05, 0) is 35.8 Å². The van der Waals surface area contributed by atoms with E-state index in [4.69, 9.17) is 10.8 Å². The minimum absolute atomic E-state index is 0.105. The number of aromatic carboxylic acids is 1. The molecule has 0 saturated carbocycles. The van der Waals surface area contributed by atoms with Gasteiger partial charge in [0.25, 0.3) is 0 Å². The van der Waals surface area contributed by atoms with Crippen LogP contribution in [-0.4, -0.2) is 31.9 Å². The molecule has 0 aliphatic heterocycles. The Morgan fingerprint density at radius 1 is 1.50 bits per heavy atom. The van der Waals surface area contributed by atoms with Crippen molar-refractivity contribution in [2.75, 3.05) is 6.54 Å². The third kappa shape index (κ3) is 3.78. The Hall–Kier alpha value is -0.970. The van der Waals surface area contributed by atoms with Gasteiger partial charge < -0.3 is 10.8 Å². The molecule has 10 heteroatoms. The summed E-state index contributed by atoms with van der Waals surface area (Å²) in [4.78, 5) is 21.7. The molecule has 4 N–H and O–H groups in total. The predicted octanol–water partition coefficient (Wildman–Crippen LogP) is 0.999. The van der Waals surface area contributed by atoms with Crippen molar-refractivity contribution in [2.45, 2.75) is 18.7 Å². The normalized spacial score (nSPS) is 12.3. The smallest absolute Gasteiger partial charge is 0.345 e. The lowest BCUT2D eigenvalue weighted by Crippen LogP contribution is -2.42. The van der Waals surface area contributed by atoms with Crippen molar-refractivity contribution >= 4 is 49.2 Å². The highest BCUT2D eigenvalue weighted by Gasteiger charge is 2.29. The highest BCUT2D eigenvalue weighted by Crippen LogP contribution is 2.31. The van der Waals surface area contributed by atoms with E-state index in [0.29, 0.717) is 0 Å². The van der Waals surface area contributed by atoms with E-state index in [2.05, 4.69) is 20.7 Å². The van der Waals surface area contributed by atoms with Crippen molar-refractivity contribution in [1.29, 1.82) is 0 Å². The molecule has 0 aliphatic carbocycles. The van der Waals surface area contributed by atoms with Crippen LogP contribution in [0.15, 0.2) is 14.7 Å². The number of carboxylic acid groups (broad SMARTS) is 1. The zero-order valence-electron chi connectivity index (χ0n) is 10.6.